The average Bonchev–Trinajstić information content (AvgIpc) is 3.54. The summed E-state index contributed by atoms with van der Waals surface area (Å²) < 4.78 is 3.88. The summed E-state index contributed by atoms with van der Waals surface area (Å²) in [6.45, 7) is 0.323. The molecule has 0 aromatic carbocycles. The highest BCUT2D eigenvalue weighted by atomic mass is 32.2. The molecule has 3 aromatic heterocycles. The van der Waals surface area contributed by atoms with Crippen LogP contribution in [0.25, 0.3) is 5.65 Å². The lowest BCUT2D eigenvalue weighted by molar-refractivity contribution is -0.662. The molecule has 13 nitrogen and oxygen atoms in total. The van der Waals surface area contributed by atoms with Gasteiger partial charge in [-0.15, -0.1) is 23.1 Å². The molecular weight excluding hydrogens is 566 g/mol. The summed E-state index contributed by atoms with van der Waals surface area (Å²) in [4.78, 5) is 48.5. The average molecular weight is 591 g/mol. The number of carboxylic acid groups (broad SMARTS) is 1. The number of carbonyl (C=O) groups excluding carboxylic acids is 2. The Morgan fingerprint density at radius 1 is 1.41 bits per heavy atom. The van der Waals surface area contributed by atoms with Crippen molar-refractivity contribution in [2.45, 2.75) is 23.0 Å². The van der Waals surface area contributed by atoms with Crippen LogP contribution in [0.4, 0.5) is 5.13 Å². The van der Waals surface area contributed by atoms with Crippen molar-refractivity contribution in [2.24, 2.45) is 5.16 Å². The number of aliphatic hydroxyl groups is 1. The lowest BCUT2D eigenvalue weighted by Gasteiger charge is -2.49. The van der Waals surface area contributed by atoms with Gasteiger partial charge < -0.3 is 26.1 Å². The molecule has 0 bridgehead atoms. The molecule has 2 aliphatic heterocycles. The Bertz CT molecular complexity index is 1520. The number of aliphatic hydroxyl groups excluding tert-OH is 1. The number of nitrogens with two attached hydrogens (primary N) is 1. The van der Waals surface area contributed by atoms with Crippen LogP contribution in [-0.4, -0.2) is 84.6 Å². The minimum Gasteiger partial charge on any atom is -0.477 e. The SMILES string of the molecule is CO/N=C(\C(=O)N[C@@H]1C(=O)N2C(C(=O)O)=C(C[n+]3ccn4c(SCCO)cccc43)CS[C@H]12)c1csc(N)n1. The predicted molar refractivity (Wildman–Crippen MR) is 145 cm³/mol. The summed E-state index contributed by atoms with van der Waals surface area (Å²) in [5, 5.41) is 27.8. The largest absolute Gasteiger partial charge is 0.477 e. The molecule has 5 rings (SSSR count). The number of oxime groups is 1. The van der Waals surface area contributed by atoms with Crippen LogP contribution < -0.4 is 15.6 Å². The van der Waals surface area contributed by atoms with Crippen LogP contribution in [-0.2, 0) is 25.8 Å². The number of nitrogen functional groups attached to an aromatic ring is 1. The molecule has 0 unspecified atom stereocenters. The molecule has 0 radical (unpaired) electrons. The Labute approximate surface area is 234 Å². The monoisotopic (exact) mass is 590 g/mol. The van der Waals surface area contributed by atoms with Crippen LogP contribution in [0.2, 0.25) is 0 Å². The summed E-state index contributed by atoms with van der Waals surface area (Å²) in [5.41, 5.74) is 7.08. The number of imidazole rings is 1. The van der Waals surface area contributed by atoms with Crippen molar-refractivity contribution < 1.29 is 34.0 Å². The number of anilines is 1. The molecule has 39 heavy (non-hydrogen) atoms. The number of carbonyl (C=O) groups is 3. The van der Waals surface area contributed by atoms with Gasteiger partial charge in [0.2, 0.25) is 0 Å². The van der Waals surface area contributed by atoms with Gasteiger partial charge in [-0.25, -0.2) is 14.3 Å². The molecule has 2 amide bonds. The molecule has 0 aliphatic carbocycles. The van der Waals surface area contributed by atoms with Gasteiger partial charge in [0.15, 0.2) is 15.9 Å². The van der Waals surface area contributed by atoms with E-state index in [1.165, 1.54) is 35.5 Å². The van der Waals surface area contributed by atoms with E-state index in [-0.39, 0.29) is 35.4 Å². The van der Waals surface area contributed by atoms with Gasteiger partial charge in [-0.05, 0) is 12.1 Å². The lowest BCUT2D eigenvalue weighted by atomic mass is 10.0. The first-order valence-corrected chi connectivity index (χ1v) is 14.5. The maximum Gasteiger partial charge on any atom is 0.352 e. The number of aromatic nitrogens is 3. The highest BCUT2D eigenvalue weighted by Crippen LogP contribution is 2.40. The number of nitrogens with zero attached hydrogens (tertiary/aromatic N) is 5. The summed E-state index contributed by atoms with van der Waals surface area (Å²) in [6, 6.07) is 4.82. The van der Waals surface area contributed by atoms with Crippen LogP contribution in [0.5, 0.6) is 0 Å². The molecule has 16 heteroatoms. The molecule has 1 fully saturated rings. The van der Waals surface area contributed by atoms with Gasteiger partial charge in [0, 0.05) is 28.5 Å². The first-order chi connectivity index (χ1) is 18.8. The fourth-order valence-electron chi connectivity index (χ4n) is 4.41. The normalized spacial score (nSPS) is 19.2. The van der Waals surface area contributed by atoms with Gasteiger partial charge in [-0.1, -0.05) is 16.9 Å². The fourth-order valence-corrected chi connectivity index (χ4v) is 7.06. The minimum absolute atomic E-state index is 0.0564. The summed E-state index contributed by atoms with van der Waals surface area (Å²) in [5.74, 6) is -1.52. The first kappa shape index (κ1) is 27.0. The molecule has 2 atom stereocenters. The molecule has 204 valence electrons. The lowest BCUT2D eigenvalue weighted by Crippen LogP contribution is -2.71. The second-order valence-electron chi connectivity index (χ2n) is 8.40. The third kappa shape index (κ3) is 5.07. The minimum atomic E-state index is -1.21. The van der Waals surface area contributed by atoms with Crippen LogP contribution >= 0.6 is 34.9 Å². The molecule has 2 aliphatic rings. The predicted octanol–water partition coefficient (Wildman–Crippen LogP) is 0.139. The van der Waals surface area contributed by atoms with E-state index < -0.39 is 29.2 Å². The van der Waals surface area contributed by atoms with E-state index in [4.69, 9.17) is 10.6 Å². The van der Waals surface area contributed by atoms with Crippen LogP contribution in [0.3, 0.4) is 0 Å². The third-order valence-corrected chi connectivity index (χ3v) is 9.09. The van der Waals surface area contributed by atoms with Crippen LogP contribution in [0.15, 0.2) is 57.4 Å². The third-order valence-electron chi connectivity index (χ3n) is 6.06. The quantitative estimate of drug-likeness (QED) is 0.0835. The number of carboxylic acids is 1. The molecule has 0 spiro atoms. The van der Waals surface area contributed by atoms with E-state index in [1.54, 1.807) is 5.38 Å². The fraction of sp³-hybridized carbons (Fsp3) is 0.304. The molecule has 3 aromatic rings. The van der Waals surface area contributed by atoms with Gasteiger partial charge in [0.1, 0.15) is 48.9 Å². The number of thiazole rings is 1. The Hall–Kier alpha value is -3.60. The zero-order valence-corrected chi connectivity index (χ0v) is 23.0. The van der Waals surface area contributed by atoms with Crippen molar-refractivity contribution in [1.29, 1.82) is 0 Å². The van der Waals surface area contributed by atoms with Gasteiger partial charge in [0.05, 0.1) is 6.61 Å². The molecule has 0 saturated carbocycles. The number of amides is 2. The molecule has 5 heterocycles. The summed E-state index contributed by atoms with van der Waals surface area (Å²) in [6.07, 6.45) is 3.73. The van der Waals surface area contributed by atoms with E-state index in [0.717, 1.165) is 22.0 Å². The number of hydrogen-bond donors (Lipinski definition) is 4. The van der Waals surface area contributed by atoms with Gasteiger partial charge >= 0.3 is 5.97 Å². The summed E-state index contributed by atoms with van der Waals surface area (Å²) in [7, 11) is 1.28. The zero-order valence-electron chi connectivity index (χ0n) is 20.5. The maximum atomic E-state index is 13.1. The van der Waals surface area contributed by atoms with Crippen LogP contribution in [0, 0.1) is 0 Å². The number of pyridine rings is 1. The van der Waals surface area contributed by atoms with Crippen molar-refractivity contribution in [3.63, 3.8) is 0 Å². The van der Waals surface area contributed by atoms with Crippen LogP contribution in [0.1, 0.15) is 5.69 Å². The maximum absolute atomic E-state index is 13.1. The number of β-lactam (4-membered cyclic amide) rings is 1. The number of rotatable bonds is 10. The smallest absolute Gasteiger partial charge is 0.352 e. The number of thioether (sulfide) groups is 2. The van der Waals surface area contributed by atoms with E-state index in [9.17, 15) is 24.6 Å². The van der Waals surface area contributed by atoms with E-state index in [0.29, 0.717) is 17.1 Å². The topological polar surface area (TPSA) is 176 Å². The highest BCUT2D eigenvalue weighted by Gasteiger charge is 2.54. The zero-order chi connectivity index (χ0) is 27.7. The van der Waals surface area contributed by atoms with Crippen molar-refractivity contribution in [2.75, 3.05) is 31.0 Å². The second-order valence-corrected chi connectivity index (χ2v) is 11.5. The number of fused-ring (bicyclic) bond motifs is 2. The number of aliphatic carboxylic acids is 1. The Kier molecular flexibility index (Phi) is 7.79. The second kappa shape index (κ2) is 11.3. The van der Waals surface area contributed by atoms with Crippen molar-refractivity contribution in [3.05, 3.63) is 52.9 Å². The standard InChI is InChI=1S/C23H23N7O6S3/c1-36-27-16(13-11-39-23(24)25-13)19(32)26-17-20(33)30-18(22(34)35)12(10-38-21(17)30)9-28-5-6-29-14(28)3-2-4-15(29)37-8-7-31/h2-6,11,17,21,31H,7-10H2,1H3,(H3-,24,25,26,32,34,35)/p+1/b27-16-/t17-,21-/m1/s1. The summed E-state index contributed by atoms with van der Waals surface area (Å²) >= 11 is 4.01. The van der Waals surface area contributed by atoms with Gasteiger partial charge in [-0.2, -0.15) is 4.40 Å². The van der Waals surface area contributed by atoms with Crippen molar-refractivity contribution in [1.82, 2.24) is 19.6 Å². The van der Waals surface area contributed by atoms with Gasteiger partial charge in [0.25, 0.3) is 17.5 Å². The Balaban J connectivity index is 1.36. The number of nitrogens with one attached hydrogen (secondary N) is 1. The first-order valence-electron chi connectivity index (χ1n) is 11.6. The highest BCUT2D eigenvalue weighted by molar-refractivity contribution is 8.00. The molecule has 1 saturated heterocycles. The Morgan fingerprint density at radius 3 is 2.92 bits per heavy atom. The van der Waals surface area contributed by atoms with Crippen molar-refractivity contribution in [3.8, 4) is 0 Å². The molecule has 5 N–H and O–H groups in total. The van der Waals surface area contributed by atoms with Gasteiger partial charge in [-0.3, -0.25) is 14.5 Å². The number of hydrogen-bond acceptors (Lipinski definition) is 11. The Morgan fingerprint density at radius 2 is 2.23 bits per heavy atom. The van der Waals surface area contributed by atoms with E-state index in [2.05, 4.69) is 15.5 Å². The van der Waals surface area contributed by atoms with E-state index in [1.807, 2.05) is 39.6 Å². The van der Waals surface area contributed by atoms with E-state index >= 15 is 0 Å². The molecular formula is C23H24N7O6S3+. The van der Waals surface area contributed by atoms with Crippen molar-refractivity contribution >= 4 is 69.1 Å².